The van der Waals surface area contributed by atoms with E-state index in [0.29, 0.717) is 11.4 Å². The van der Waals surface area contributed by atoms with Crippen LogP contribution in [-0.4, -0.2) is 26.0 Å². The van der Waals surface area contributed by atoms with E-state index in [4.69, 9.17) is 4.74 Å². The molecule has 0 saturated heterocycles. The summed E-state index contributed by atoms with van der Waals surface area (Å²) in [5.41, 5.74) is -2.94. The molecular weight excluding hydrogens is 925 g/mol. The Hall–Kier alpha value is -8.25. The SMILES string of the molecule is O=C(Oc1cccc(-c2c3ccc([nH]3)c(-c3c(F)c(F)c(F)c(F)c3F)c3nc(c4ccc([nH]4)c(-c4c(F)c(F)c(F)c(F)c4F)c4ccc2[nH]4)C=C3)c1)N1c2ccccc2Sc2ccccc21. The number of nitrogens with one attached hydrogen (secondary N) is 3. The lowest BCUT2D eigenvalue weighted by Crippen LogP contribution is -2.31. The standard InChI is InChI=1S/C50H23F10N5O2S/c51-40-38(41(52)45(56)48(59)44(40)55)36-27-14-12-23(61-27)24-13-15-28(62-24)37(39-42(53)46(57)49(60)47(58)43(39)54)30-19-17-26(64-30)35(25-16-18-29(36)63-25)21-6-5-7-22(20-21)67-50(66)65-31-8-1-3-10-33(31)68-34-11-4-2-9-32(34)65/h1-20,61,63-64H. The Kier molecular flexibility index (Phi) is 9.96. The molecule has 5 aromatic carbocycles. The number of carbonyl (C=O) groups is 1. The van der Waals surface area contributed by atoms with E-state index in [1.807, 2.05) is 24.3 Å². The smallest absolute Gasteiger partial charge is 0.410 e. The average molecular weight is 948 g/mol. The largest absolute Gasteiger partial charge is 0.424 e. The number of aromatic nitrogens is 4. The fourth-order valence-corrected chi connectivity index (χ4v) is 9.46. The Bertz CT molecular complexity index is 3720. The quantitative estimate of drug-likeness (QED) is 0.0931. The van der Waals surface area contributed by atoms with Gasteiger partial charge in [0.2, 0.25) is 11.6 Å². The lowest BCUT2D eigenvalue weighted by molar-refractivity contribution is 0.210. The minimum Gasteiger partial charge on any atom is -0.410 e. The van der Waals surface area contributed by atoms with Crippen molar-refractivity contribution >= 4 is 74.5 Å². The first-order valence-corrected chi connectivity index (χ1v) is 21.0. The van der Waals surface area contributed by atoms with Gasteiger partial charge in [-0.3, -0.25) is 0 Å². The fraction of sp³-hybridized carbons (Fsp3) is 0. The number of benzene rings is 5. The topological polar surface area (TPSA) is 89.8 Å². The van der Waals surface area contributed by atoms with Gasteiger partial charge in [-0.25, -0.2) is 58.6 Å². The Balaban J connectivity index is 1.19. The molecule has 7 nitrogen and oxygen atoms in total. The third kappa shape index (κ3) is 6.61. The molecule has 11 rings (SSSR count). The molecule has 0 aliphatic carbocycles. The zero-order chi connectivity index (χ0) is 47.3. The van der Waals surface area contributed by atoms with Crippen LogP contribution in [0.4, 0.5) is 60.1 Å². The highest BCUT2D eigenvalue weighted by atomic mass is 32.2. The number of rotatable bonds is 4. The fourth-order valence-electron chi connectivity index (χ4n) is 8.40. The van der Waals surface area contributed by atoms with Crippen LogP contribution in [0.5, 0.6) is 5.75 Å². The summed E-state index contributed by atoms with van der Waals surface area (Å²) < 4.78 is 158. The lowest BCUT2D eigenvalue weighted by Gasteiger charge is -2.30. The summed E-state index contributed by atoms with van der Waals surface area (Å²) in [5, 5.41) is 0. The summed E-state index contributed by atoms with van der Waals surface area (Å²) in [7, 11) is 0. The number of halogens is 10. The van der Waals surface area contributed by atoms with Gasteiger partial charge in [0.25, 0.3) is 0 Å². The highest BCUT2D eigenvalue weighted by Gasteiger charge is 2.32. The number of amides is 1. The van der Waals surface area contributed by atoms with Gasteiger partial charge in [0.1, 0.15) is 5.75 Å². The number of hydrogen-bond acceptors (Lipinski definition) is 4. The number of fused-ring (bicyclic) bond motifs is 11. The van der Waals surface area contributed by atoms with Crippen LogP contribution in [0, 0.1) is 58.2 Å². The highest BCUT2D eigenvalue weighted by molar-refractivity contribution is 7.99. The molecule has 0 fully saturated rings. The maximum absolute atomic E-state index is 15.8. The molecule has 0 saturated carbocycles. The second-order valence-corrected chi connectivity index (χ2v) is 16.4. The summed E-state index contributed by atoms with van der Waals surface area (Å²) in [6.45, 7) is 0. The molecular formula is C50H23F10N5O2S. The van der Waals surface area contributed by atoms with Gasteiger partial charge in [-0.2, -0.15) is 0 Å². The number of aromatic amines is 3. The molecule has 68 heavy (non-hydrogen) atoms. The van der Waals surface area contributed by atoms with Gasteiger partial charge in [0.15, 0.2) is 46.5 Å². The molecule has 2 aliphatic heterocycles. The van der Waals surface area contributed by atoms with Crippen molar-refractivity contribution in [2.75, 3.05) is 4.90 Å². The molecule has 9 aromatic rings. The normalized spacial score (nSPS) is 12.5. The Morgan fingerprint density at radius 3 is 1.41 bits per heavy atom. The van der Waals surface area contributed by atoms with E-state index in [1.54, 1.807) is 30.3 Å². The second kappa shape index (κ2) is 16.0. The molecule has 1 amide bonds. The maximum atomic E-state index is 15.8. The van der Waals surface area contributed by atoms with Crippen molar-refractivity contribution in [3.63, 3.8) is 0 Å². The molecule has 2 aliphatic rings. The number of nitrogens with zero attached hydrogens (tertiary/aromatic N) is 2. The lowest BCUT2D eigenvalue weighted by atomic mass is 10.0. The van der Waals surface area contributed by atoms with Crippen LogP contribution in [0.1, 0.15) is 11.4 Å². The van der Waals surface area contributed by atoms with E-state index in [1.165, 1.54) is 83.4 Å². The Morgan fingerprint density at radius 2 is 0.868 bits per heavy atom. The van der Waals surface area contributed by atoms with E-state index in [-0.39, 0.29) is 61.4 Å². The first-order chi connectivity index (χ1) is 32.8. The summed E-state index contributed by atoms with van der Waals surface area (Å²) in [5.74, 6) is -22.3. The number of ether oxygens (including phenoxy) is 1. The number of para-hydroxylation sites is 2. The molecule has 0 spiro atoms. The molecule has 0 unspecified atom stereocenters. The van der Waals surface area contributed by atoms with E-state index in [0.717, 1.165) is 9.79 Å². The van der Waals surface area contributed by atoms with Crippen molar-refractivity contribution in [1.29, 1.82) is 0 Å². The molecule has 336 valence electrons. The maximum Gasteiger partial charge on any atom is 0.424 e. The van der Waals surface area contributed by atoms with Gasteiger partial charge in [-0.15, -0.1) is 0 Å². The van der Waals surface area contributed by atoms with Crippen LogP contribution in [0.15, 0.2) is 119 Å². The Labute approximate surface area is 379 Å². The number of anilines is 2. The van der Waals surface area contributed by atoms with Gasteiger partial charge in [-0.05, 0) is 90.5 Å². The second-order valence-electron chi connectivity index (χ2n) is 15.4. The zero-order valence-electron chi connectivity index (χ0n) is 33.9. The third-order valence-electron chi connectivity index (χ3n) is 11.4. The molecule has 0 radical (unpaired) electrons. The van der Waals surface area contributed by atoms with Crippen LogP contribution in [0.3, 0.4) is 0 Å². The van der Waals surface area contributed by atoms with Crippen molar-refractivity contribution in [3.8, 4) is 39.1 Å². The minimum absolute atomic E-state index is 0.00242. The van der Waals surface area contributed by atoms with E-state index >= 15 is 17.6 Å². The molecule has 6 heterocycles. The van der Waals surface area contributed by atoms with Crippen molar-refractivity contribution in [2.24, 2.45) is 0 Å². The molecule has 3 N–H and O–H groups in total. The van der Waals surface area contributed by atoms with Crippen LogP contribution >= 0.6 is 11.8 Å². The van der Waals surface area contributed by atoms with Gasteiger partial charge < -0.3 is 19.7 Å². The Morgan fingerprint density at radius 1 is 0.441 bits per heavy atom. The van der Waals surface area contributed by atoms with Gasteiger partial charge >= 0.3 is 6.09 Å². The van der Waals surface area contributed by atoms with E-state index in [2.05, 4.69) is 19.9 Å². The molecule has 8 bridgehead atoms. The highest BCUT2D eigenvalue weighted by Crippen LogP contribution is 2.48. The van der Waals surface area contributed by atoms with E-state index in [9.17, 15) is 31.1 Å². The number of hydrogen-bond donors (Lipinski definition) is 3. The van der Waals surface area contributed by atoms with E-state index < -0.39 is 86.5 Å². The van der Waals surface area contributed by atoms with Crippen molar-refractivity contribution < 1.29 is 53.4 Å². The van der Waals surface area contributed by atoms with Gasteiger partial charge in [0.05, 0.1) is 39.4 Å². The molecule has 4 aromatic heterocycles. The van der Waals surface area contributed by atoms with Crippen LogP contribution in [0.2, 0.25) is 0 Å². The monoisotopic (exact) mass is 947 g/mol. The summed E-state index contributed by atoms with van der Waals surface area (Å²) in [6.07, 6.45) is 1.73. The van der Waals surface area contributed by atoms with Crippen molar-refractivity contribution in [1.82, 2.24) is 19.9 Å². The predicted molar refractivity (Wildman–Crippen MR) is 236 cm³/mol. The first-order valence-electron chi connectivity index (χ1n) is 20.1. The molecule has 18 heteroatoms. The third-order valence-corrected chi connectivity index (χ3v) is 12.6. The van der Waals surface area contributed by atoms with Crippen molar-refractivity contribution in [3.05, 3.63) is 179 Å². The van der Waals surface area contributed by atoms with Gasteiger partial charge in [0, 0.05) is 54.1 Å². The van der Waals surface area contributed by atoms with Crippen LogP contribution in [0.25, 0.3) is 78.6 Å². The van der Waals surface area contributed by atoms with Crippen molar-refractivity contribution in [2.45, 2.75) is 9.79 Å². The summed E-state index contributed by atoms with van der Waals surface area (Å²) >= 11 is 1.46. The van der Waals surface area contributed by atoms with Crippen LogP contribution in [-0.2, 0) is 0 Å². The molecule has 0 atom stereocenters. The minimum atomic E-state index is -2.39. The average Bonchev–Trinajstić information content (AvgIpc) is 4.20. The van der Waals surface area contributed by atoms with Crippen LogP contribution < -0.4 is 9.64 Å². The van der Waals surface area contributed by atoms with Gasteiger partial charge in [-0.1, -0.05) is 48.2 Å². The zero-order valence-corrected chi connectivity index (χ0v) is 34.8. The summed E-state index contributed by atoms with van der Waals surface area (Å²) in [6, 6.07) is 28.4. The number of carbonyl (C=O) groups excluding carboxylic acids is 1. The predicted octanol–water partition coefficient (Wildman–Crippen LogP) is 14.9. The first kappa shape index (κ1) is 42.4. The summed E-state index contributed by atoms with van der Waals surface area (Å²) in [4.78, 5) is 30.5. The number of H-pyrrole nitrogens is 3.